The summed E-state index contributed by atoms with van der Waals surface area (Å²) in [5, 5.41) is 1.08. The lowest BCUT2D eigenvalue weighted by atomic mass is 10.0. The third-order valence-corrected chi connectivity index (χ3v) is 6.15. The highest BCUT2D eigenvalue weighted by Crippen LogP contribution is 2.23. The first-order valence-electron chi connectivity index (χ1n) is 9.20. The second-order valence-electron chi connectivity index (χ2n) is 7.07. The maximum Gasteiger partial charge on any atom is 0.216 e. The van der Waals surface area contributed by atoms with Gasteiger partial charge in [0.2, 0.25) is 5.95 Å². The molecule has 0 radical (unpaired) electrons. The molecular weight excluding hydrogens is 427 g/mol. The molecule has 0 saturated carbocycles. The van der Waals surface area contributed by atoms with E-state index in [0.717, 1.165) is 17.4 Å². The average molecular weight is 445 g/mol. The van der Waals surface area contributed by atoms with E-state index in [9.17, 15) is 12.8 Å². The summed E-state index contributed by atoms with van der Waals surface area (Å²) in [6.45, 7) is 0. The average Bonchev–Trinajstić information content (AvgIpc) is 3.11. The van der Waals surface area contributed by atoms with Crippen molar-refractivity contribution in [3.63, 3.8) is 0 Å². The molecule has 0 amide bonds. The summed E-state index contributed by atoms with van der Waals surface area (Å²) >= 11 is 5.78. The first-order chi connectivity index (χ1) is 14.3. The number of aryl methyl sites for hydroxylation is 2. The largest absolute Gasteiger partial charge is 0.346 e. The SMILES string of the molecule is CS(=O)(=O)c1cnc2[nH]cc(Cc3ccc(CCc4ccc(Cl)nc4)nc3F)c2c1. The first-order valence-corrected chi connectivity index (χ1v) is 11.5. The molecule has 4 rings (SSSR count). The molecule has 154 valence electrons. The molecule has 0 unspecified atom stereocenters. The minimum atomic E-state index is -3.38. The molecule has 0 aliphatic carbocycles. The Balaban J connectivity index is 1.53. The zero-order valence-corrected chi connectivity index (χ0v) is 17.6. The van der Waals surface area contributed by atoms with E-state index in [1.165, 1.54) is 6.20 Å². The van der Waals surface area contributed by atoms with Crippen LogP contribution < -0.4 is 0 Å². The van der Waals surface area contributed by atoms with E-state index in [1.54, 1.807) is 36.7 Å². The Morgan fingerprint density at radius 3 is 2.60 bits per heavy atom. The molecule has 9 heteroatoms. The van der Waals surface area contributed by atoms with Gasteiger partial charge in [-0.05, 0) is 42.2 Å². The van der Waals surface area contributed by atoms with Gasteiger partial charge in [-0.3, -0.25) is 0 Å². The molecule has 0 atom stereocenters. The monoisotopic (exact) mass is 444 g/mol. The molecule has 6 nitrogen and oxygen atoms in total. The molecule has 0 aliphatic heterocycles. The summed E-state index contributed by atoms with van der Waals surface area (Å²) in [5.41, 5.74) is 3.38. The number of fused-ring (bicyclic) bond motifs is 1. The Morgan fingerprint density at radius 2 is 1.90 bits per heavy atom. The fraction of sp³-hybridized carbons (Fsp3) is 0.190. The van der Waals surface area contributed by atoms with E-state index in [0.29, 0.717) is 40.3 Å². The zero-order chi connectivity index (χ0) is 21.3. The molecule has 0 aromatic carbocycles. The van der Waals surface area contributed by atoms with Crippen LogP contribution >= 0.6 is 11.6 Å². The third kappa shape index (κ3) is 4.49. The molecule has 0 bridgehead atoms. The van der Waals surface area contributed by atoms with Crippen molar-refractivity contribution in [3.05, 3.63) is 82.4 Å². The van der Waals surface area contributed by atoms with Gasteiger partial charge in [0.1, 0.15) is 10.8 Å². The van der Waals surface area contributed by atoms with Gasteiger partial charge in [0.25, 0.3) is 0 Å². The van der Waals surface area contributed by atoms with E-state index in [1.807, 2.05) is 6.07 Å². The van der Waals surface area contributed by atoms with E-state index < -0.39 is 15.8 Å². The maximum atomic E-state index is 14.6. The summed E-state index contributed by atoms with van der Waals surface area (Å²) in [6, 6.07) is 8.68. The van der Waals surface area contributed by atoms with Gasteiger partial charge in [-0.2, -0.15) is 4.39 Å². The molecule has 4 heterocycles. The van der Waals surface area contributed by atoms with Crippen molar-refractivity contribution < 1.29 is 12.8 Å². The highest BCUT2D eigenvalue weighted by atomic mass is 35.5. The summed E-state index contributed by atoms with van der Waals surface area (Å²) < 4.78 is 38.2. The van der Waals surface area contributed by atoms with Crippen molar-refractivity contribution in [2.75, 3.05) is 6.26 Å². The second-order valence-corrected chi connectivity index (χ2v) is 9.47. The van der Waals surface area contributed by atoms with Crippen molar-refractivity contribution >= 4 is 32.5 Å². The molecule has 4 aromatic rings. The highest BCUT2D eigenvalue weighted by molar-refractivity contribution is 7.90. The van der Waals surface area contributed by atoms with Crippen LogP contribution in [0.15, 0.2) is 53.8 Å². The Labute approximate surface area is 178 Å². The van der Waals surface area contributed by atoms with Crippen LogP contribution in [0.5, 0.6) is 0 Å². The summed E-state index contributed by atoms with van der Waals surface area (Å²) in [4.78, 5) is 15.4. The minimum absolute atomic E-state index is 0.126. The number of H-pyrrole nitrogens is 1. The number of aromatic nitrogens is 4. The lowest BCUT2D eigenvalue weighted by molar-refractivity contribution is 0.563. The van der Waals surface area contributed by atoms with Crippen LogP contribution in [0.4, 0.5) is 4.39 Å². The normalized spacial score (nSPS) is 11.8. The van der Waals surface area contributed by atoms with Crippen LogP contribution in [-0.4, -0.2) is 34.6 Å². The number of aromatic amines is 1. The molecule has 1 N–H and O–H groups in total. The Morgan fingerprint density at radius 1 is 1.07 bits per heavy atom. The second kappa shape index (κ2) is 8.12. The number of sulfone groups is 1. The molecule has 0 spiro atoms. The number of rotatable bonds is 6. The van der Waals surface area contributed by atoms with Gasteiger partial charge >= 0.3 is 0 Å². The number of hydrogen-bond acceptors (Lipinski definition) is 5. The van der Waals surface area contributed by atoms with Gasteiger partial charge in [0.05, 0.1) is 4.90 Å². The van der Waals surface area contributed by atoms with Crippen molar-refractivity contribution in [1.82, 2.24) is 19.9 Å². The summed E-state index contributed by atoms with van der Waals surface area (Å²) in [7, 11) is -3.38. The maximum absolute atomic E-state index is 14.6. The Bertz CT molecular complexity index is 1320. The Kier molecular flexibility index (Phi) is 5.53. The van der Waals surface area contributed by atoms with Crippen LogP contribution in [0.3, 0.4) is 0 Å². The van der Waals surface area contributed by atoms with Crippen LogP contribution in [0.2, 0.25) is 5.15 Å². The molecular formula is C21H18ClFN4O2S. The first kappa shape index (κ1) is 20.4. The van der Waals surface area contributed by atoms with Crippen LogP contribution in [0.1, 0.15) is 22.4 Å². The lowest BCUT2D eigenvalue weighted by Crippen LogP contribution is -2.01. The third-order valence-electron chi connectivity index (χ3n) is 4.84. The van der Waals surface area contributed by atoms with Crippen LogP contribution in [0, 0.1) is 5.95 Å². The van der Waals surface area contributed by atoms with Gasteiger partial charge in [-0.15, -0.1) is 0 Å². The van der Waals surface area contributed by atoms with Gasteiger partial charge < -0.3 is 4.98 Å². The van der Waals surface area contributed by atoms with E-state index in [2.05, 4.69) is 19.9 Å². The quantitative estimate of drug-likeness (QED) is 0.455. The predicted octanol–water partition coefficient (Wildman–Crippen LogP) is 3.92. The smallest absolute Gasteiger partial charge is 0.216 e. The van der Waals surface area contributed by atoms with Gasteiger partial charge in [-0.1, -0.05) is 23.7 Å². The minimum Gasteiger partial charge on any atom is -0.346 e. The van der Waals surface area contributed by atoms with Gasteiger partial charge in [0.15, 0.2) is 9.84 Å². The topological polar surface area (TPSA) is 88.6 Å². The summed E-state index contributed by atoms with van der Waals surface area (Å²) in [6.07, 6.45) is 7.38. The number of nitrogens with one attached hydrogen (secondary N) is 1. The van der Waals surface area contributed by atoms with E-state index in [-0.39, 0.29) is 11.3 Å². The number of pyridine rings is 3. The van der Waals surface area contributed by atoms with Crippen molar-refractivity contribution in [3.8, 4) is 0 Å². The number of halogens is 2. The van der Waals surface area contributed by atoms with E-state index in [4.69, 9.17) is 11.6 Å². The number of hydrogen-bond donors (Lipinski definition) is 1. The fourth-order valence-corrected chi connectivity index (χ4v) is 3.88. The lowest BCUT2D eigenvalue weighted by Gasteiger charge is -2.06. The fourth-order valence-electron chi connectivity index (χ4n) is 3.19. The predicted molar refractivity (Wildman–Crippen MR) is 113 cm³/mol. The number of nitrogens with zero attached hydrogens (tertiary/aromatic N) is 3. The molecule has 4 aromatic heterocycles. The molecule has 0 saturated heterocycles. The molecule has 0 aliphatic rings. The summed E-state index contributed by atoms with van der Waals surface area (Å²) in [5.74, 6) is -0.539. The van der Waals surface area contributed by atoms with Crippen molar-refractivity contribution in [2.24, 2.45) is 0 Å². The Hall–Kier alpha value is -2.84. The van der Waals surface area contributed by atoms with Gasteiger partial charge in [-0.25, -0.2) is 23.4 Å². The van der Waals surface area contributed by atoms with Crippen molar-refractivity contribution in [1.29, 1.82) is 0 Å². The van der Waals surface area contributed by atoms with E-state index >= 15 is 0 Å². The zero-order valence-electron chi connectivity index (χ0n) is 16.1. The van der Waals surface area contributed by atoms with Crippen LogP contribution in [-0.2, 0) is 29.1 Å². The molecule has 0 fully saturated rings. The van der Waals surface area contributed by atoms with Crippen molar-refractivity contribution in [2.45, 2.75) is 24.2 Å². The van der Waals surface area contributed by atoms with Gasteiger partial charge in [0, 0.05) is 47.9 Å². The molecule has 30 heavy (non-hydrogen) atoms. The standard InChI is InChI=1S/C21H18ClFN4O2S/c1-30(28,29)17-9-18-15(11-25-21(18)26-12-17)8-14-4-6-16(27-20(14)23)5-2-13-3-7-19(22)24-10-13/h3-4,6-7,9-12H,2,5,8H2,1H3,(H,25,26). The van der Waals surface area contributed by atoms with Crippen LogP contribution in [0.25, 0.3) is 11.0 Å². The highest BCUT2D eigenvalue weighted by Gasteiger charge is 2.14.